The third kappa shape index (κ3) is 5.52. The molecule has 2 aliphatic carbocycles. The summed E-state index contributed by atoms with van der Waals surface area (Å²) in [6.45, 7) is 8.66. The maximum absolute atomic E-state index is 14.3. The van der Waals surface area contributed by atoms with Crippen molar-refractivity contribution in [1.82, 2.24) is 14.9 Å². The summed E-state index contributed by atoms with van der Waals surface area (Å²) in [7, 11) is 0. The van der Waals surface area contributed by atoms with Crippen molar-refractivity contribution >= 4 is 35.0 Å². The lowest BCUT2D eigenvalue weighted by Gasteiger charge is -2.52. The van der Waals surface area contributed by atoms with Crippen molar-refractivity contribution in [3.8, 4) is 0 Å². The minimum Gasteiger partial charge on any atom is -0.444 e. The zero-order valence-corrected chi connectivity index (χ0v) is 24.4. The molecule has 0 bridgehead atoms. The van der Waals surface area contributed by atoms with E-state index in [4.69, 9.17) is 30.8 Å². The molecule has 4 aliphatic rings. The second-order valence-electron chi connectivity index (χ2n) is 12.2. The Kier molecular flexibility index (Phi) is 8.27. The fourth-order valence-electron chi connectivity index (χ4n) is 6.78. The van der Waals surface area contributed by atoms with Gasteiger partial charge in [0, 0.05) is 38.7 Å². The molecule has 220 valence electrons. The summed E-state index contributed by atoms with van der Waals surface area (Å²) in [6.07, 6.45) is 5.59. The van der Waals surface area contributed by atoms with Crippen LogP contribution in [-0.4, -0.2) is 88.4 Å². The largest absolute Gasteiger partial charge is 0.444 e. The summed E-state index contributed by atoms with van der Waals surface area (Å²) in [4.78, 5) is 39.7. The normalized spacial score (nSPS) is 27.8. The maximum Gasteiger partial charge on any atom is 0.410 e. The highest BCUT2D eigenvalue weighted by Crippen LogP contribution is 2.56. The number of oxime groups is 1. The lowest BCUT2D eigenvalue weighted by Crippen LogP contribution is -2.60. The van der Waals surface area contributed by atoms with Crippen molar-refractivity contribution in [2.24, 2.45) is 16.5 Å². The lowest BCUT2D eigenvalue weighted by molar-refractivity contribution is -0.255. The summed E-state index contributed by atoms with van der Waals surface area (Å²) >= 11 is 6.45. The Morgan fingerprint density at radius 1 is 1.07 bits per heavy atom. The SMILES string of the molecule is CC(C)(C)OC(=O)N1CCCN(c2cc(Cl)nc(/C(=N/O)C3CCC[C@@]4(CCCCC45OCCO5)C3=O)n2)CC1. The van der Waals surface area contributed by atoms with Gasteiger partial charge in [-0.25, -0.2) is 14.8 Å². The number of rotatable bonds is 3. The molecule has 1 N–H and O–H groups in total. The first-order chi connectivity index (χ1) is 19.1. The van der Waals surface area contributed by atoms with E-state index in [1.165, 1.54) is 0 Å². The van der Waals surface area contributed by atoms with E-state index in [0.29, 0.717) is 77.3 Å². The van der Waals surface area contributed by atoms with Gasteiger partial charge in [-0.15, -0.1) is 0 Å². The number of ketones is 1. The lowest BCUT2D eigenvalue weighted by atomic mass is 9.57. The molecule has 2 saturated heterocycles. The maximum atomic E-state index is 14.3. The average Bonchev–Trinajstić information content (AvgIpc) is 3.23. The number of hydrogen-bond donors (Lipinski definition) is 1. The van der Waals surface area contributed by atoms with Crippen LogP contribution >= 0.6 is 11.6 Å². The molecule has 12 heteroatoms. The number of Topliss-reactive ketones (excluding diaryl/α,β-unsaturated/α-hetero) is 1. The van der Waals surface area contributed by atoms with Gasteiger partial charge in [0.1, 0.15) is 22.3 Å². The predicted molar refractivity (Wildman–Crippen MR) is 148 cm³/mol. The molecule has 2 saturated carbocycles. The van der Waals surface area contributed by atoms with Crippen LogP contribution < -0.4 is 4.90 Å². The van der Waals surface area contributed by atoms with Crippen molar-refractivity contribution < 1.29 is 29.0 Å². The quantitative estimate of drug-likeness (QED) is 0.240. The summed E-state index contributed by atoms with van der Waals surface area (Å²) in [5.41, 5.74) is -1.23. The van der Waals surface area contributed by atoms with E-state index in [9.17, 15) is 14.8 Å². The van der Waals surface area contributed by atoms with Crippen molar-refractivity contribution in [1.29, 1.82) is 0 Å². The molecule has 0 aromatic carbocycles. The summed E-state index contributed by atoms with van der Waals surface area (Å²) in [5.74, 6) is -0.947. The Labute approximate surface area is 240 Å². The summed E-state index contributed by atoms with van der Waals surface area (Å²) in [5, 5.41) is 14.0. The highest BCUT2D eigenvalue weighted by molar-refractivity contribution is 6.30. The Balaban J connectivity index is 1.37. The molecule has 2 atom stereocenters. The molecule has 2 aliphatic heterocycles. The molecule has 0 radical (unpaired) electrons. The highest BCUT2D eigenvalue weighted by atomic mass is 35.5. The van der Waals surface area contributed by atoms with Gasteiger partial charge >= 0.3 is 6.09 Å². The van der Waals surface area contributed by atoms with Crippen LogP contribution in [0.5, 0.6) is 0 Å². The average molecular weight is 578 g/mol. The van der Waals surface area contributed by atoms with Crippen LogP contribution in [0.4, 0.5) is 10.6 Å². The topological polar surface area (TPSA) is 127 Å². The van der Waals surface area contributed by atoms with Gasteiger partial charge in [0.15, 0.2) is 17.4 Å². The molecule has 11 nitrogen and oxygen atoms in total. The Bertz CT molecular complexity index is 1150. The molecule has 1 aromatic heterocycles. The van der Waals surface area contributed by atoms with E-state index < -0.39 is 22.7 Å². The van der Waals surface area contributed by atoms with Crippen LogP contribution in [0.25, 0.3) is 0 Å². The van der Waals surface area contributed by atoms with Crippen LogP contribution in [0.15, 0.2) is 11.2 Å². The number of hydrogen-bond acceptors (Lipinski definition) is 10. The van der Waals surface area contributed by atoms with E-state index in [1.807, 2.05) is 25.7 Å². The van der Waals surface area contributed by atoms with Gasteiger partial charge in [-0.3, -0.25) is 4.79 Å². The molecule has 5 rings (SSSR count). The first kappa shape index (κ1) is 29.0. The summed E-state index contributed by atoms with van der Waals surface area (Å²) < 4.78 is 17.9. The third-order valence-electron chi connectivity index (χ3n) is 8.55. The van der Waals surface area contributed by atoms with Crippen molar-refractivity contribution in [3.05, 3.63) is 17.0 Å². The number of halogens is 1. The summed E-state index contributed by atoms with van der Waals surface area (Å²) in [6, 6.07) is 1.66. The van der Waals surface area contributed by atoms with Crippen molar-refractivity contribution in [2.75, 3.05) is 44.3 Å². The molecule has 3 heterocycles. The molecule has 4 fully saturated rings. The molecular formula is C28H40ClN5O6. The third-order valence-corrected chi connectivity index (χ3v) is 8.74. The Morgan fingerprint density at radius 2 is 1.80 bits per heavy atom. The van der Waals surface area contributed by atoms with E-state index in [-0.39, 0.29) is 28.6 Å². The molecule has 40 heavy (non-hydrogen) atoms. The van der Waals surface area contributed by atoms with Crippen molar-refractivity contribution in [2.45, 2.75) is 83.5 Å². The smallest absolute Gasteiger partial charge is 0.410 e. The van der Waals surface area contributed by atoms with E-state index in [2.05, 4.69) is 10.1 Å². The van der Waals surface area contributed by atoms with Gasteiger partial charge < -0.3 is 29.2 Å². The highest BCUT2D eigenvalue weighted by Gasteiger charge is 2.63. The van der Waals surface area contributed by atoms with Crippen LogP contribution in [-0.2, 0) is 19.0 Å². The molecule has 1 amide bonds. The van der Waals surface area contributed by atoms with Gasteiger partial charge in [0.2, 0.25) is 0 Å². The van der Waals surface area contributed by atoms with E-state index in [0.717, 1.165) is 19.3 Å². The molecule has 2 spiro atoms. The fourth-order valence-corrected chi connectivity index (χ4v) is 6.96. The van der Waals surface area contributed by atoms with Crippen LogP contribution in [0.2, 0.25) is 5.15 Å². The zero-order chi connectivity index (χ0) is 28.5. The molecular weight excluding hydrogens is 538 g/mol. The second-order valence-corrected chi connectivity index (χ2v) is 12.6. The fraction of sp³-hybridized carbons (Fsp3) is 0.750. The number of fused-ring (bicyclic) bond motifs is 1. The van der Waals surface area contributed by atoms with Crippen molar-refractivity contribution in [3.63, 3.8) is 0 Å². The van der Waals surface area contributed by atoms with Crippen LogP contribution in [0, 0.1) is 11.3 Å². The number of aromatic nitrogens is 2. The number of carbonyl (C=O) groups excluding carboxylic acids is 2. The minimum absolute atomic E-state index is 0.0268. The van der Waals surface area contributed by atoms with E-state index in [1.54, 1.807) is 11.0 Å². The number of ether oxygens (including phenoxy) is 3. The zero-order valence-electron chi connectivity index (χ0n) is 23.7. The van der Waals surface area contributed by atoms with Gasteiger partial charge in [-0.1, -0.05) is 29.6 Å². The number of nitrogens with zero attached hydrogens (tertiary/aromatic N) is 5. The first-order valence-electron chi connectivity index (χ1n) is 14.4. The van der Waals surface area contributed by atoms with Gasteiger partial charge in [-0.05, 0) is 52.9 Å². The number of carbonyl (C=O) groups is 2. The van der Waals surface area contributed by atoms with Gasteiger partial charge in [0.25, 0.3) is 0 Å². The van der Waals surface area contributed by atoms with Gasteiger partial charge in [0.05, 0.1) is 24.5 Å². The Morgan fingerprint density at radius 3 is 2.52 bits per heavy atom. The number of amides is 1. The van der Waals surface area contributed by atoms with Crippen LogP contribution in [0.1, 0.15) is 78.0 Å². The van der Waals surface area contributed by atoms with E-state index >= 15 is 0 Å². The van der Waals surface area contributed by atoms with Gasteiger partial charge in [-0.2, -0.15) is 0 Å². The monoisotopic (exact) mass is 577 g/mol. The predicted octanol–water partition coefficient (Wildman–Crippen LogP) is 4.43. The standard InChI is InChI=1S/C28H40ClN5O6/c1-26(2,3)40-25(36)34-13-7-12-33(14-15-34)21-18-20(29)30-24(31-21)22(32-37)19-8-6-10-27(23(19)35)9-4-5-11-28(27)38-16-17-39-28/h18-19,37H,4-17H2,1-3H3/b32-22+/t19?,27-/m0/s1. The molecule has 1 unspecified atom stereocenters. The number of anilines is 1. The molecule has 1 aromatic rings. The second kappa shape index (κ2) is 11.4. The minimum atomic E-state index is -0.909. The first-order valence-corrected chi connectivity index (χ1v) is 14.8. The Hall–Kier alpha value is -2.50. The van der Waals surface area contributed by atoms with Crippen LogP contribution in [0.3, 0.4) is 0 Å².